The van der Waals surface area contributed by atoms with Crippen LogP contribution in [-0.2, 0) is 9.53 Å². The van der Waals surface area contributed by atoms with Crippen LogP contribution >= 0.6 is 0 Å². The van der Waals surface area contributed by atoms with Gasteiger partial charge in [-0.25, -0.2) is 4.79 Å². The van der Waals surface area contributed by atoms with Crippen LogP contribution in [0.4, 0.5) is 13.2 Å². The molecule has 0 aliphatic rings. The number of benzene rings is 1. The van der Waals surface area contributed by atoms with Gasteiger partial charge in [0.1, 0.15) is 11.8 Å². The molecule has 0 saturated heterocycles. The van der Waals surface area contributed by atoms with Crippen molar-refractivity contribution in [3.05, 3.63) is 42.5 Å². The highest BCUT2D eigenvalue weighted by molar-refractivity contribution is 5.77. The van der Waals surface area contributed by atoms with Crippen LogP contribution in [0.2, 0.25) is 0 Å². The number of rotatable bonds is 6. The van der Waals surface area contributed by atoms with Gasteiger partial charge in [0.2, 0.25) is 0 Å². The van der Waals surface area contributed by atoms with Crippen molar-refractivity contribution in [1.29, 1.82) is 0 Å². The summed E-state index contributed by atoms with van der Waals surface area (Å²) in [4.78, 5) is 11.6. The summed E-state index contributed by atoms with van der Waals surface area (Å²) in [5.41, 5.74) is 0.306. The molecule has 0 amide bonds. The van der Waals surface area contributed by atoms with Crippen LogP contribution in [0.5, 0.6) is 5.75 Å². The summed E-state index contributed by atoms with van der Waals surface area (Å²) >= 11 is 0. The van der Waals surface area contributed by atoms with E-state index in [1.165, 1.54) is 25.3 Å². The Morgan fingerprint density at radius 2 is 2.20 bits per heavy atom. The number of ether oxygens (including phenoxy) is 2. The van der Waals surface area contributed by atoms with Gasteiger partial charge in [0.15, 0.2) is 0 Å². The maximum absolute atomic E-state index is 12.2. The van der Waals surface area contributed by atoms with Crippen molar-refractivity contribution in [3.8, 4) is 5.75 Å². The first-order valence-corrected chi connectivity index (χ1v) is 5.65. The molecule has 1 aromatic rings. The zero-order chi connectivity index (χ0) is 15.2. The van der Waals surface area contributed by atoms with E-state index in [-0.39, 0.29) is 0 Å². The molecule has 0 aliphatic heterocycles. The normalized spacial score (nSPS) is 12.6. The van der Waals surface area contributed by atoms with E-state index in [0.717, 1.165) is 12.1 Å². The van der Waals surface area contributed by atoms with E-state index in [1.807, 2.05) is 0 Å². The monoisotopic (exact) mass is 289 g/mol. The summed E-state index contributed by atoms with van der Waals surface area (Å²) in [7, 11) is 1.20. The van der Waals surface area contributed by atoms with Gasteiger partial charge >= 0.3 is 12.3 Å². The Kier molecular flexibility index (Phi) is 5.57. The van der Waals surface area contributed by atoms with Gasteiger partial charge in [-0.15, -0.1) is 19.8 Å². The minimum absolute atomic E-state index is 0.296. The number of halogens is 3. The summed E-state index contributed by atoms with van der Waals surface area (Å²) < 4.78 is 44.9. The number of nitrogens with one attached hydrogen (secondary N) is 1. The Labute approximate surface area is 114 Å². The highest BCUT2D eigenvalue weighted by Gasteiger charge is 2.31. The topological polar surface area (TPSA) is 47.6 Å². The SMILES string of the molecule is C=CCNC(C(=O)OC)c1cccc(OC(F)(F)F)c1. The van der Waals surface area contributed by atoms with Crippen molar-refractivity contribution in [2.75, 3.05) is 13.7 Å². The summed E-state index contributed by atoms with van der Waals surface area (Å²) in [6.45, 7) is 3.79. The van der Waals surface area contributed by atoms with Gasteiger partial charge in [0, 0.05) is 6.54 Å². The predicted octanol–water partition coefficient (Wildman–Crippen LogP) is 2.57. The number of esters is 1. The quantitative estimate of drug-likeness (QED) is 0.646. The third kappa shape index (κ3) is 4.93. The Morgan fingerprint density at radius 1 is 1.50 bits per heavy atom. The number of carbonyl (C=O) groups is 1. The van der Waals surface area contributed by atoms with Gasteiger partial charge in [-0.2, -0.15) is 0 Å². The number of hydrogen-bond donors (Lipinski definition) is 1. The minimum Gasteiger partial charge on any atom is -0.468 e. The predicted molar refractivity (Wildman–Crippen MR) is 66.1 cm³/mol. The highest BCUT2D eigenvalue weighted by atomic mass is 19.4. The molecular weight excluding hydrogens is 275 g/mol. The van der Waals surface area contributed by atoms with Gasteiger partial charge in [0.25, 0.3) is 0 Å². The largest absolute Gasteiger partial charge is 0.573 e. The fourth-order valence-electron chi connectivity index (χ4n) is 1.55. The maximum atomic E-state index is 12.2. The smallest absolute Gasteiger partial charge is 0.468 e. The zero-order valence-corrected chi connectivity index (χ0v) is 10.7. The maximum Gasteiger partial charge on any atom is 0.573 e. The van der Waals surface area contributed by atoms with Gasteiger partial charge in [0.05, 0.1) is 7.11 Å². The summed E-state index contributed by atoms with van der Waals surface area (Å²) in [6.07, 6.45) is -3.26. The molecule has 0 aromatic heterocycles. The van der Waals surface area contributed by atoms with Crippen LogP contribution in [0.15, 0.2) is 36.9 Å². The molecule has 1 N–H and O–H groups in total. The zero-order valence-electron chi connectivity index (χ0n) is 10.7. The molecule has 0 aliphatic carbocycles. The van der Waals surface area contributed by atoms with E-state index >= 15 is 0 Å². The molecular formula is C13H14F3NO3. The van der Waals surface area contributed by atoms with Crippen LogP contribution in [0.25, 0.3) is 0 Å². The molecule has 1 atom stereocenters. The Bertz CT molecular complexity index is 474. The molecule has 1 aromatic carbocycles. The molecule has 20 heavy (non-hydrogen) atoms. The van der Waals surface area contributed by atoms with Crippen molar-refractivity contribution >= 4 is 5.97 Å². The number of carbonyl (C=O) groups excluding carboxylic acids is 1. The van der Waals surface area contributed by atoms with Crippen LogP contribution in [0.1, 0.15) is 11.6 Å². The fraction of sp³-hybridized carbons (Fsp3) is 0.308. The van der Waals surface area contributed by atoms with Gasteiger partial charge in [-0.05, 0) is 17.7 Å². The fourth-order valence-corrected chi connectivity index (χ4v) is 1.55. The van der Waals surface area contributed by atoms with E-state index in [9.17, 15) is 18.0 Å². The third-order valence-electron chi connectivity index (χ3n) is 2.33. The number of methoxy groups -OCH3 is 1. The molecule has 0 heterocycles. The molecule has 110 valence electrons. The summed E-state index contributed by atoms with van der Waals surface area (Å²) in [6, 6.07) is 4.25. The average molecular weight is 289 g/mol. The lowest BCUT2D eigenvalue weighted by Gasteiger charge is -2.17. The van der Waals surface area contributed by atoms with Crippen molar-refractivity contribution < 1.29 is 27.4 Å². The highest BCUT2D eigenvalue weighted by Crippen LogP contribution is 2.26. The molecule has 1 rings (SSSR count). The Hall–Kier alpha value is -2.02. The Morgan fingerprint density at radius 3 is 2.75 bits per heavy atom. The van der Waals surface area contributed by atoms with Gasteiger partial charge < -0.3 is 9.47 Å². The van der Waals surface area contributed by atoms with E-state index in [4.69, 9.17) is 0 Å². The van der Waals surface area contributed by atoms with Crippen molar-refractivity contribution in [2.45, 2.75) is 12.4 Å². The van der Waals surface area contributed by atoms with E-state index in [2.05, 4.69) is 21.4 Å². The molecule has 0 bridgehead atoms. The van der Waals surface area contributed by atoms with E-state index in [1.54, 1.807) is 0 Å². The van der Waals surface area contributed by atoms with E-state index < -0.39 is 24.1 Å². The lowest BCUT2D eigenvalue weighted by Crippen LogP contribution is -2.29. The third-order valence-corrected chi connectivity index (χ3v) is 2.33. The molecule has 0 radical (unpaired) electrons. The van der Waals surface area contributed by atoms with Gasteiger partial charge in [-0.3, -0.25) is 5.32 Å². The summed E-state index contributed by atoms with van der Waals surface area (Å²) in [5.74, 6) is -1.01. The molecule has 1 unspecified atom stereocenters. The van der Waals surface area contributed by atoms with Crippen LogP contribution in [-0.4, -0.2) is 26.0 Å². The molecule has 0 saturated carbocycles. The molecule has 7 heteroatoms. The van der Waals surface area contributed by atoms with Crippen LogP contribution < -0.4 is 10.1 Å². The van der Waals surface area contributed by atoms with Crippen LogP contribution in [0, 0.1) is 0 Å². The number of alkyl halides is 3. The van der Waals surface area contributed by atoms with Crippen molar-refractivity contribution in [3.63, 3.8) is 0 Å². The Balaban J connectivity index is 2.98. The summed E-state index contributed by atoms with van der Waals surface area (Å²) in [5, 5.41) is 2.80. The first-order valence-electron chi connectivity index (χ1n) is 5.65. The second kappa shape index (κ2) is 6.95. The lowest BCUT2D eigenvalue weighted by molar-refractivity contribution is -0.274. The van der Waals surface area contributed by atoms with Crippen molar-refractivity contribution in [2.24, 2.45) is 0 Å². The first-order chi connectivity index (χ1) is 9.37. The molecule has 0 spiro atoms. The standard InChI is InChI=1S/C13H14F3NO3/c1-3-7-17-11(12(18)19-2)9-5-4-6-10(8-9)20-13(14,15)16/h3-6,8,11,17H,1,7H2,2H3. The second-order valence-corrected chi connectivity index (χ2v) is 3.77. The molecule has 4 nitrogen and oxygen atoms in total. The van der Waals surface area contributed by atoms with Gasteiger partial charge in [-0.1, -0.05) is 18.2 Å². The molecule has 0 fully saturated rings. The van der Waals surface area contributed by atoms with Crippen LogP contribution in [0.3, 0.4) is 0 Å². The average Bonchev–Trinajstić information content (AvgIpc) is 2.37. The number of hydrogen-bond acceptors (Lipinski definition) is 4. The minimum atomic E-state index is -4.78. The lowest BCUT2D eigenvalue weighted by atomic mass is 10.1. The first kappa shape index (κ1) is 16.0. The van der Waals surface area contributed by atoms with E-state index in [0.29, 0.717) is 12.1 Å². The van der Waals surface area contributed by atoms with Crippen molar-refractivity contribution in [1.82, 2.24) is 5.32 Å². The second-order valence-electron chi connectivity index (χ2n) is 3.77.